The zero-order valence-electron chi connectivity index (χ0n) is 11.9. The zero-order valence-corrected chi connectivity index (χ0v) is 11.9. The molecule has 0 radical (unpaired) electrons. The SMILES string of the molecule is COc1ccc(-n2c(C)cc(CN)c2C)cc1OC. The molecule has 0 unspecified atom stereocenters. The van der Waals surface area contributed by atoms with Crippen LogP contribution in [0.4, 0.5) is 0 Å². The predicted octanol–water partition coefficient (Wildman–Crippen LogP) is 2.57. The lowest BCUT2D eigenvalue weighted by Crippen LogP contribution is -2.02. The van der Waals surface area contributed by atoms with Gasteiger partial charge in [0.15, 0.2) is 11.5 Å². The fraction of sp³-hybridized carbons (Fsp3) is 0.333. The molecule has 0 bridgehead atoms. The maximum absolute atomic E-state index is 5.75. The standard InChI is InChI=1S/C15H20N2O2/c1-10-7-12(9-16)11(2)17(10)13-5-6-14(18-3)15(8-13)19-4/h5-8H,9,16H2,1-4H3. The van der Waals surface area contributed by atoms with Crippen molar-refractivity contribution in [3.05, 3.63) is 41.2 Å². The number of ether oxygens (including phenoxy) is 2. The Labute approximate surface area is 113 Å². The van der Waals surface area contributed by atoms with Gasteiger partial charge in [-0.15, -0.1) is 0 Å². The number of benzene rings is 1. The van der Waals surface area contributed by atoms with Gasteiger partial charge in [0.1, 0.15) is 0 Å². The third-order valence-corrected chi connectivity index (χ3v) is 3.38. The van der Waals surface area contributed by atoms with E-state index in [9.17, 15) is 0 Å². The van der Waals surface area contributed by atoms with E-state index in [0.717, 1.165) is 34.1 Å². The lowest BCUT2D eigenvalue weighted by Gasteiger charge is -2.13. The molecule has 2 aromatic rings. The van der Waals surface area contributed by atoms with Gasteiger partial charge in [-0.05, 0) is 37.6 Å². The van der Waals surface area contributed by atoms with Gasteiger partial charge >= 0.3 is 0 Å². The van der Waals surface area contributed by atoms with Crippen LogP contribution in [0, 0.1) is 13.8 Å². The monoisotopic (exact) mass is 260 g/mol. The molecule has 0 saturated carbocycles. The number of hydrogen-bond donors (Lipinski definition) is 1. The zero-order chi connectivity index (χ0) is 14.0. The Kier molecular flexibility index (Phi) is 3.81. The average molecular weight is 260 g/mol. The molecule has 4 heteroatoms. The molecule has 0 saturated heterocycles. The first-order chi connectivity index (χ1) is 9.12. The molecule has 0 fully saturated rings. The summed E-state index contributed by atoms with van der Waals surface area (Å²) in [6, 6.07) is 8.02. The third-order valence-electron chi connectivity index (χ3n) is 3.38. The molecule has 4 nitrogen and oxygen atoms in total. The van der Waals surface area contributed by atoms with E-state index in [1.54, 1.807) is 14.2 Å². The molecule has 0 aliphatic heterocycles. The minimum absolute atomic E-state index is 0.549. The fourth-order valence-corrected chi connectivity index (χ4v) is 2.40. The minimum atomic E-state index is 0.549. The van der Waals surface area contributed by atoms with Crippen LogP contribution in [0.2, 0.25) is 0 Å². The molecule has 0 atom stereocenters. The largest absolute Gasteiger partial charge is 0.493 e. The maximum Gasteiger partial charge on any atom is 0.162 e. The van der Waals surface area contributed by atoms with Gasteiger partial charge in [0.2, 0.25) is 0 Å². The Balaban J connectivity index is 2.56. The highest BCUT2D eigenvalue weighted by atomic mass is 16.5. The summed E-state index contributed by atoms with van der Waals surface area (Å²) in [5.41, 5.74) is 10.3. The van der Waals surface area contributed by atoms with Crippen LogP contribution >= 0.6 is 0 Å². The van der Waals surface area contributed by atoms with Crippen LogP contribution in [0.25, 0.3) is 5.69 Å². The van der Waals surface area contributed by atoms with E-state index < -0.39 is 0 Å². The van der Waals surface area contributed by atoms with Crippen molar-refractivity contribution >= 4 is 0 Å². The van der Waals surface area contributed by atoms with Crippen LogP contribution in [-0.4, -0.2) is 18.8 Å². The Morgan fingerprint density at radius 1 is 1.05 bits per heavy atom. The molecular weight excluding hydrogens is 240 g/mol. The van der Waals surface area contributed by atoms with E-state index in [-0.39, 0.29) is 0 Å². The Morgan fingerprint density at radius 3 is 2.26 bits per heavy atom. The molecule has 2 N–H and O–H groups in total. The summed E-state index contributed by atoms with van der Waals surface area (Å²) in [6.07, 6.45) is 0. The number of nitrogens with zero attached hydrogens (tertiary/aromatic N) is 1. The van der Waals surface area contributed by atoms with Crippen molar-refractivity contribution in [3.63, 3.8) is 0 Å². The van der Waals surface area contributed by atoms with Gasteiger partial charge in [0.25, 0.3) is 0 Å². The van der Waals surface area contributed by atoms with E-state index in [4.69, 9.17) is 15.2 Å². The van der Waals surface area contributed by atoms with Crippen LogP contribution in [0.3, 0.4) is 0 Å². The molecule has 19 heavy (non-hydrogen) atoms. The maximum atomic E-state index is 5.75. The van der Waals surface area contributed by atoms with Crippen LogP contribution < -0.4 is 15.2 Å². The Hall–Kier alpha value is -1.94. The van der Waals surface area contributed by atoms with Gasteiger partial charge in [-0.25, -0.2) is 0 Å². The highest BCUT2D eigenvalue weighted by Crippen LogP contribution is 2.31. The second-order valence-electron chi connectivity index (χ2n) is 4.48. The molecule has 102 valence electrons. The molecular formula is C15H20N2O2. The molecule has 0 amide bonds. The fourth-order valence-electron chi connectivity index (χ4n) is 2.40. The summed E-state index contributed by atoms with van der Waals surface area (Å²) in [4.78, 5) is 0. The first-order valence-corrected chi connectivity index (χ1v) is 6.22. The van der Waals surface area contributed by atoms with Crippen LogP contribution in [0.1, 0.15) is 17.0 Å². The first-order valence-electron chi connectivity index (χ1n) is 6.22. The number of aryl methyl sites for hydroxylation is 1. The molecule has 1 aromatic carbocycles. The van der Waals surface area contributed by atoms with Crippen molar-refractivity contribution in [2.75, 3.05) is 14.2 Å². The van der Waals surface area contributed by atoms with E-state index in [1.165, 1.54) is 0 Å². The number of rotatable bonds is 4. The number of methoxy groups -OCH3 is 2. The summed E-state index contributed by atoms with van der Waals surface area (Å²) < 4.78 is 12.8. The third kappa shape index (κ3) is 2.31. The van der Waals surface area contributed by atoms with Crippen molar-refractivity contribution in [1.29, 1.82) is 0 Å². The van der Waals surface area contributed by atoms with E-state index >= 15 is 0 Å². The van der Waals surface area contributed by atoms with Crippen molar-refractivity contribution in [2.45, 2.75) is 20.4 Å². The normalized spacial score (nSPS) is 10.6. The van der Waals surface area contributed by atoms with Crippen molar-refractivity contribution in [1.82, 2.24) is 4.57 Å². The van der Waals surface area contributed by atoms with Gasteiger partial charge in [-0.3, -0.25) is 0 Å². The second-order valence-corrected chi connectivity index (χ2v) is 4.48. The summed E-state index contributed by atoms with van der Waals surface area (Å²) in [7, 11) is 3.28. The molecule has 0 spiro atoms. The second kappa shape index (κ2) is 5.36. The summed E-state index contributed by atoms with van der Waals surface area (Å²) in [5, 5.41) is 0. The number of aromatic nitrogens is 1. The van der Waals surface area contributed by atoms with Gasteiger partial charge < -0.3 is 19.8 Å². The lowest BCUT2D eigenvalue weighted by molar-refractivity contribution is 0.355. The number of hydrogen-bond acceptors (Lipinski definition) is 3. The Bertz CT molecular complexity index is 588. The molecule has 1 heterocycles. The summed E-state index contributed by atoms with van der Waals surface area (Å²) >= 11 is 0. The van der Waals surface area contributed by atoms with Crippen molar-refractivity contribution < 1.29 is 9.47 Å². The van der Waals surface area contributed by atoms with Gasteiger partial charge in [-0.2, -0.15) is 0 Å². The lowest BCUT2D eigenvalue weighted by atomic mass is 10.2. The molecule has 2 rings (SSSR count). The van der Waals surface area contributed by atoms with Crippen molar-refractivity contribution in [3.8, 4) is 17.2 Å². The average Bonchev–Trinajstić information content (AvgIpc) is 2.72. The number of nitrogens with two attached hydrogens (primary N) is 1. The molecule has 0 aliphatic rings. The minimum Gasteiger partial charge on any atom is -0.493 e. The van der Waals surface area contributed by atoms with E-state index in [0.29, 0.717) is 6.54 Å². The first kappa shape index (κ1) is 13.5. The summed E-state index contributed by atoms with van der Waals surface area (Å²) in [5.74, 6) is 1.45. The van der Waals surface area contributed by atoms with E-state index in [1.807, 2.05) is 18.2 Å². The van der Waals surface area contributed by atoms with Gasteiger partial charge in [0, 0.05) is 29.7 Å². The van der Waals surface area contributed by atoms with Gasteiger partial charge in [0.05, 0.1) is 14.2 Å². The highest BCUT2D eigenvalue weighted by molar-refractivity contribution is 5.51. The Morgan fingerprint density at radius 2 is 1.74 bits per heavy atom. The predicted molar refractivity (Wildman–Crippen MR) is 76.2 cm³/mol. The molecule has 1 aromatic heterocycles. The molecule has 0 aliphatic carbocycles. The van der Waals surface area contributed by atoms with Crippen LogP contribution in [-0.2, 0) is 6.54 Å². The summed E-state index contributed by atoms with van der Waals surface area (Å²) in [6.45, 7) is 4.70. The quantitative estimate of drug-likeness (QED) is 0.919. The van der Waals surface area contributed by atoms with E-state index in [2.05, 4.69) is 24.5 Å². The van der Waals surface area contributed by atoms with Crippen LogP contribution in [0.5, 0.6) is 11.5 Å². The van der Waals surface area contributed by atoms with Gasteiger partial charge in [-0.1, -0.05) is 0 Å². The smallest absolute Gasteiger partial charge is 0.162 e. The van der Waals surface area contributed by atoms with Crippen molar-refractivity contribution in [2.24, 2.45) is 5.73 Å². The highest BCUT2D eigenvalue weighted by Gasteiger charge is 2.12. The van der Waals surface area contributed by atoms with Crippen LogP contribution in [0.15, 0.2) is 24.3 Å². The topological polar surface area (TPSA) is 49.4 Å².